The molecule has 1 saturated heterocycles. The van der Waals surface area contributed by atoms with Crippen molar-refractivity contribution in [3.05, 3.63) is 0 Å². The molecule has 0 bridgehead atoms. The Bertz CT molecular complexity index is 275. The number of hydrogen-bond acceptors (Lipinski definition) is 4. The van der Waals surface area contributed by atoms with Gasteiger partial charge < -0.3 is 14.7 Å². The molecule has 1 saturated carbocycles. The van der Waals surface area contributed by atoms with E-state index in [9.17, 15) is 9.90 Å². The molecule has 1 aliphatic heterocycles. The SMILES string of the molecule is COC(=O)C(O)C1(C2CCCCN2C)CC1. The minimum Gasteiger partial charge on any atom is -0.467 e. The third-order valence-electron chi connectivity index (χ3n) is 4.23. The van der Waals surface area contributed by atoms with E-state index in [2.05, 4.69) is 16.7 Å². The van der Waals surface area contributed by atoms with Crippen molar-refractivity contribution in [2.24, 2.45) is 5.41 Å². The average molecular weight is 227 g/mol. The summed E-state index contributed by atoms with van der Waals surface area (Å²) in [6.07, 6.45) is 4.45. The normalized spacial score (nSPS) is 30.8. The number of carbonyl (C=O) groups is 1. The highest BCUT2D eigenvalue weighted by Crippen LogP contribution is 2.55. The van der Waals surface area contributed by atoms with E-state index in [-0.39, 0.29) is 5.41 Å². The summed E-state index contributed by atoms with van der Waals surface area (Å²) in [5.74, 6) is -0.475. The second kappa shape index (κ2) is 4.34. The maximum Gasteiger partial charge on any atom is 0.335 e. The van der Waals surface area contributed by atoms with Gasteiger partial charge in [-0.1, -0.05) is 6.42 Å². The molecule has 0 amide bonds. The average Bonchev–Trinajstić information content (AvgIpc) is 3.09. The molecule has 92 valence electrons. The second-order valence-electron chi connectivity index (χ2n) is 5.15. The molecule has 0 radical (unpaired) electrons. The Morgan fingerprint density at radius 3 is 2.69 bits per heavy atom. The molecule has 0 aromatic carbocycles. The number of piperidine rings is 1. The summed E-state index contributed by atoms with van der Waals surface area (Å²) >= 11 is 0. The number of aliphatic hydroxyl groups is 1. The highest BCUT2D eigenvalue weighted by Gasteiger charge is 2.58. The third kappa shape index (κ3) is 1.84. The lowest BCUT2D eigenvalue weighted by Crippen LogP contribution is -2.49. The molecule has 2 atom stereocenters. The van der Waals surface area contributed by atoms with Gasteiger partial charge in [-0.2, -0.15) is 0 Å². The fourth-order valence-corrected chi connectivity index (χ4v) is 3.08. The van der Waals surface area contributed by atoms with Crippen LogP contribution < -0.4 is 0 Å². The third-order valence-corrected chi connectivity index (χ3v) is 4.23. The zero-order valence-electron chi connectivity index (χ0n) is 10.1. The molecule has 0 aromatic heterocycles. The number of esters is 1. The Kier molecular flexibility index (Phi) is 3.22. The Hall–Kier alpha value is -0.610. The molecule has 0 aromatic rings. The quantitative estimate of drug-likeness (QED) is 0.724. The van der Waals surface area contributed by atoms with Crippen LogP contribution in [0.1, 0.15) is 32.1 Å². The number of aliphatic hydroxyl groups excluding tert-OH is 1. The van der Waals surface area contributed by atoms with Crippen LogP contribution in [0.15, 0.2) is 0 Å². The van der Waals surface area contributed by atoms with Gasteiger partial charge in [-0.3, -0.25) is 0 Å². The fraction of sp³-hybridized carbons (Fsp3) is 0.917. The van der Waals surface area contributed by atoms with Crippen molar-refractivity contribution in [2.45, 2.75) is 44.2 Å². The van der Waals surface area contributed by atoms with Crippen molar-refractivity contribution in [1.29, 1.82) is 0 Å². The molecule has 2 fully saturated rings. The molecule has 16 heavy (non-hydrogen) atoms. The topological polar surface area (TPSA) is 49.8 Å². The molecule has 0 spiro atoms. The highest BCUT2D eigenvalue weighted by molar-refractivity contribution is 5.76. The zero-order valence-corrected chi connectivity index (χ0v) is 10.1. The molecule has 2 rings (SSSR count). The van der Waals surface area contributed by atoms with Gasteiger partial charge in [-0.15, -0.1) is 0 Å². The van der Waals surface area contributed by atoms with E-state index in [1.165, 1.54) is 20.0 Å². The summed E-state index contributed by atoms with van der Waals surface area (Å²) < 4.78 is 4.66. The van der Waals surface area contributed by atoms with Crippen LogP contribution in [-0.2, 0) is 9.53 Å². The zero-order chi connectivity index (χ0) is 11.8. The molecule has 4 heteroatoms. The molecule has 2 aliphatic rings. The summed E-state index contributed by atoms with van der Waals surface area (Å²) in [7, 11) is 3.43. The summed E-state index contributed by atoms with van der Waals surface area (Å²) in [6.45, 7) is 1.07. The van der Waals surface area contributed by atoms with Crippen molar-refractivity contribution in [3.63, 3.8) is 0 Å². The van der Waals surface area contributed by atoms with E-state index < -0.39 is 12.1 Å². The lowest BCUT2D eigenvalue weighted by atomic mass is 9.83. The number of carbonyl (C=O) groups excluding carboxylic acids is 1. The fourth-order valence-electron chi connectivity index (χ4n) is 3.08. The van der Waals surface area contributed by atoms with Gasteiger partial charge in [0.15, 0.2) is 6.10 Å². The highest BCUT2D eigenvalue weighted by atomic mass is 16.5. The summed E-state index contributed by atoms with van der Waals surface area (Å²) in [4.78, 5) is 13.8. The van der Waals surface area contributed by atoms with Gasteiger partial charge in [-0.25, -0.2) is 4.79 Å². The van der Waals surface area contributed by atoms with E-state index in [1.807, 2.05) is 0 Å². The van der Waals surface area contributed by atoms with E-state index in [1.54, 1.807) is 0 Å². The number of ether oxygens (including phenoxy) is 1. The molecule has 1 heterocycles. The summed E-state index contributed by atoms with van der Waals surface area (Å²) in [6, 6.07) is 0.343. The Labute approximate surface area is 96.6 Å². The van der Waals surface area contributed by atoms with E-state index in [0.717, 1.165) is 25.8 Å². The molecule has 1 N–H and O–H groups in total. The molecule has 2 unspecified atom stereocenters. The lowest BCUT2D eigenvalue weighted by Gasteiger charge is -2.39. The Morgan fingerprint density at radius 1 is 1.50 bits per heavy atom. The van der Waals surface area contributed by atoms with E-state index in [0.29, 0.717) is 6.04 Å². The van der Waals surface area contributed by atoms with Gasteiger partial charge in [0.05, 0.1) is 7.11 Å². The van der Waals surface area contributed by atoms with Gasteiger partial charge >= 0.3 is 5.97 Å². The summed E-state index contributed by atoms with van der Waals surface area (Å²) in [5, 5.41) is 10.1. The molecular formula is C12H21NO3. The van der Waals surface area contributed by atoms with Crippen molar-refractivity contribution in [1.82, 2.24) is 4.90 Å². The predicted molar refractivity (Wildman–Crippen MR) is 60.0 cm³/mol. The molecular weight excluding hydrogens is 206 g/mol. The minimum absolute atomic E-state index is 0.220. The van der Waals surface area contributed by atoms with Crippen LogP contribution in [0.4, 0.5) is 0 Å². The van der Waals surface area contributed by atoms with Gasteiger partial charge in [0.25, 0.3) is 0 Å². The number of methoxy groups -OCH3 is 1. The minimum atomic E-state index is -0.942. The van der Waals surface area contributed by atoms with Crippen LogP contribution in [0.2, 0.25) is 0 Å². The van der Waals surface area contributed by atoms with Crippen LogP contribution in [0, 0.1) is 5.41 Å². The van der Waals surface area contributed by atoms with Crippen LogP contribution >= 0.6 is 0 Å². The maximum atomic E-state index is 11.5. The first kappa shape index (κ1) is 11.9. The second-order valence-corrected chi connectivity index (χ2v) is 5.15. The predicted octanol–water partition coefficient (Wildman–Crippen LogP) is 0.785. The van der Waals surface area contributed by atoms with Crippen LogP contribution in [-0.4, -0.2) is 48.8 Å². The first-order chi connectivity index (χ1) is 7.62. The Morgan fingerprint density at radius 2 is 2.19 bits per heavy atom. The molecule has 4 nitrogen and oxygen atoms in total. The van der Waals surface area contributed by atoms with Crippen molar-refractivity contribution < 1.29 is 14.6 Å². The van der Waals surface area contributed by atoms with Gasteiger partial charge in [-0.05, 0) is 39.3 Å². The van der Waals surface area contributed by atoms with Crippen LogP contribution in [0.3, 0.4) is 0 Å². The maximum absolute atomic E-state index is 11.5. The van der Waals surface area contributed by atoms with E-state index in [4.69, 9.17) is 0 Å². The molecule has 1 aliphatic carbocycles. The largest absolute Gasteiger partial charge is 0.467 e. The first-order valence-electron chi connectivity index (χ1n) is 6.08. The number of rotatable bonds is 3. The van der Waals surface area contributed by atoms with Gasteiger partial charge in [0.2, 0.25) is 0 Å². The standard InChI is InChI=1S/C12H21NO3/c1-13-8-4-3-5-9(13)12(6-7-12)10(14)11(15)16-2/h9-10,14H,3-8H2,1-2H3. The van der Waals surface area contributed by atoms with E-state index >= 15 is 0 Å². The number of likely N-dealkylation sites (tertiary alicyclic amines) is 1. The lowest BCUT2D eigenvalue weighted by molar-refractivity contribution is -0.156. The summed E-state index contributed by atoms with van der Waals surface area (Å²) in [5.41, 5.74) is -0.220. The van der Waals surface area contributed by atoms with Crippen molar-refractivity contribution in [2.75, 3.05) is 20.7 Å². The first-order valence-corrected chi connectivity index (χ1v) is 6.08. The van der Waals surface area contributed by atoms with Crippen LogP contribution in [0.5, 0.6) is 0 Å². The van der Waals surface area contributed by atoms with Crippen molar-refractivity contribution >= 4 is 5.97 Å². The number of hydrogen-bond donors (Lipinski definition) is 1. The number of nitrogens with zero attached hydrogens (tertiary/aromatic N) is 1. The van der Waals surface area contributed by atoms with Crippen molar-refractivity contribution in [3.8, 4) is 0 Å². The van der Waals surface area contributed by atoms with Gasteiger partial charge in [0, 0.05) is 11.5 Å². The Balaban J connectivity index is 2.09. The smallest absolute Gasteiger partial charge is 0.335 e. The monoisotopic (exact) mass is 227 g/mol. The van der Waals surface area contributed by atoms with Crippen LogP contribution in [0.25, 0.3) is 0 Å². The van der Waals surface area contributed by atoms with Gasteiger partial charge in [0.1, 0.15) is 0 Å².